The van der Waals surface area contributed by atoms with Crippen LogP contribution in [0, 0.1) is 0 Å². The summed E-state index contributed by atoms with van der Waals surface area (Å²) in [6, 6.07) is 6.49. The minimum Gasteiger partial charge on any atom is -0.465 e. The van der Waals surface area contributed by atoms with Crippen LogP contribution in [0.3, 0.4) is 0 Å². The molecule has 0 bridgehead atoms. The third kappa shape index (κ3) is 3.56. The minimum atomic E-state index is -0.519. The molecule has 1 heterocycles. The number of aromatic nitrogens is 2. The molecule has 0 atom stereocenters. The SMILES string of the molecule is COC(=O)c1cc(N(C)c2cc(Cl)nc(Cl)n2)ccc1Cl. The Balaban J connectivity index is 2.43. The highest BCUT2D eigenvalue weighted by Gasteiger charge is 2.15. The number of rotatable bonds is 3. The number of carbonyl (C=O) groups excluding carboxylic acids is 1. The van der Waals surface area contributed by atoms with E-state index in [1.54, 1.807) is 36.2 Å². The largest absolute Gasteiger partial charge is 0.465 e. The second-order valence-corrected chi connectivity index (χ2v) is 5.17. The number of nitrogens with zero attached hydrogens (tertiary/aromatic N) is 3. The smallest absolute Gasteiger partial charge is 0.339 e. The molecule has 8 heteroatoms. The molecule has 0 aliphatic carbocycles. The quantitative estimate of drug-likeness (QED) is 0.478. The third-order valence-corrected chi connectivity index (χ3v) is 3.43. The fourth-order valence-electron chi connectivity index (χ4n) is 1.67. The zero-order valence-corrected chi connectivity index (χ0v) is 13.4. The van der Waals surface area contributed by atoms with Gasteiger partial charge >= 0.3 is 5.97 Å². The van der Waals surface area contributed by atoms with E-state index in [2.05, 4.69) is 14.7 Å². The number of hydrogen-bond acceptors (Lipinski definition) is 5. The van der Waals surface area contributed by atoms with Gasteiger partial charge in [-0.05, 0) is 29.8 Å². The van der Waals surface area contributed by atoms with Crippen LogP contribution in [0.5, 0.6) is 0 Å². The minimum absolute atomic E-state index is 0.0338. The molecule has 0 aliphatic heterocycles. The molecule has 0 spiro atoms. The van der Waals surface area contributed by atoms with Gasteiger partial charge in [0.25, 0.3) is 0 Å². The predicted molar refractivity (Wildman–Crippen MR) is 82.9 cm³/mol. The van der Waals surface area contributed by atoms with Crippen molar-refractivity contribution in [3.8, 4) is 0 Å². The van der Waals surface area contributed by atoms with Crippen LogP contribution in [0.2, 0.25) is 15.5 Å². The van der Waals surface area contributed by atoms with Gasteiger partial charge < -0.3 is 9.64 Å². The van der Waals surface area contributed by atoms with Crippen molar-refractivity contribution in [2.75, 3.05) is 19.1 Å². The molecule has 1 aromatic carbocycles. The number of benzene rings is 1. The van der Waals surface area contributed by atoms with E-state index in [-0.39, 0.29) is 16.0 Å². The maximum atomic E-state index is 11.7. The van der Waals surface area contributed by atoms with E-state index in [1.165, 1.54) is 7.11 Å². The predicted octanol–water partition coefficient (Wildman–Crippen LogP) is 3.99. The van der Waals surface area contributed by atoms with Crippen LogP contribution < -0.4 is 4.90 Å². The molecule has 0 saturated carbocycles. The van der Waals surface area contributed by atoms with Crippen LogP contribution in [-0.4, -0.2) is 30.1 Å². The molecule has 0 amide bonds. The first-order chi connectivity index (χ1) is 9.92. The van der Waals surface area contributed by atoms with Gasteiger partial charge in [0.05, 0.1) is 17.7 Å². The molecule has 0 N–H and O–H groups in total. The summed E-state index contributed by atoms with van der Waals surface area (Å²) in [5, 5.41) is 0.559. The van der Waals surface area contributed by atoms with E-state index in [1.807, 2.05) is 0 Å². The molecule has 0 radical (unpaired) electrons. The van der Waals surface area contributed by atoms with E-state index in [9.17, 15) is 4.79 Å². The summed E-state index contributed by atoms with van der Waals surface area (Å²) in [7, 11) is 3.04. The molecular weight excluding hydrogens is 337 g/mol. The van der Waals surface area contributed by atoms with Crippen molar-refractivity contribution in [3.63, 3.8) is 0 Å². The number of anilines is 2. The zero-order chi connectivity index (χ0) is 15.6. The van der Waals surface area contributed by atoms with Crippen molar-refractivity contribution in [3.05, 3.63) is 45.3 Å². The maximum Gasteiger partial charge on any atom is 0.339 e. The number of methoxy groups -OCH3 is 1. The van der Waals surface area contributed by atoms with Gasteiger partial charge in [-0.3, -0.25) is 0 Å². The Labute approximate surface area is 136 Å². The van der Waals surface area contributed by atoms with E-state index < -0.39 is 5.97 Å². The van der Waals surface area contributed by atoms with Crippen LogP contribution in [0.4, 0.5) is 11.5 Å². The Morgan fingerprint density at radius 3 is 2.52 bits per heavy atom. The lowest BCUT2D eigenvalue weighted by Gasteiger charge is -2.19. The monoisotopic (exact) mass is 345 g/mol. The summed E-state index contributed by atoms with van der Waals surface area (Å²) < 4.78 is 4.69. The second-order valence-electron chi connectivity index (χ2n) is 4.03. The standard InChI is InChI=1S/C13H10Cl3N3O2/c1-19(11-6-10(15)17-13(16)18-11)7-3-4-9(14)8(5-7)12(20)21-2/h3-6H,1-2H3. The molecule has 0 fully saturated rings. The Bertz CT molecular complexity index is 674. The molecular formula is C13H10Cl3N3O2. The van der Waals surface area contributed by atoms with Crippen molar-refractivity contribution >= 4 is 52.3 Å². The van der Waals surface area contributed by atoms with Gasteiger partial charge in [-0.25, -0.2) is 14.8 Å². The number of carbonyl (C=O) groups is 1. The van der Waals surface area contributed by atoms with E-state index in [4.69, 9.17) is 34.8 Å². The summed E-state index contributed by atoms with van der Waals surface area (Å²) in [4.78, 5) is 21.2. The van der Waals surface area contributed by atoms with E-state index in [0.29, 0.717) is 16.5 Å². The third-order valence-electron chi connectivity index (χ3n) is 2.74. The van der Waals surface area contributed by atoms with Gasteiger partial charge in [-0.1, -0.05) is 23.2 Å². The Morgan fingerprint density at radius 2 is 1.90 bits per heavy atom. The molecule has 0 saturated heterocycles. The molecule has 5 nitrogen and oxygen atoms in total. The van der Waals surface area contributed by atoms with Crippen molar-refractivity contribution < 1.29 is 9.53 Å². The van der Waals surface area contributed by atoms with Gasteiger partial charge in [0.2, 0.25) is 5.28 Å². The fraction of sp³-hybridized carbons (Fsp3) is 0.154. The molecule has 110 valence electrons. The van der Waals surface area contributed by atoms with Gasteiger partial charge in [-0.2, -0.15) is 0 Å². The molecule has 0 unspecified atom stereocenters. The Hall–Kier alpha value is -1.56. The highest BCUT2D eigenvalue weighted by molar-refractivity contribution is 6.33. The van der Waals surface area contributed by atoms with Gasteiger partial charge in [0.1, 0.15) is 11.0 Å². The first-order valence-corrected chi connectivity index (χ1v) is 6.87. The summed E-state index contributed by atoms with van der Waals surface area (Å²) in [6.07, 6.45) is 0. The van der Waals surface area contributed by atoms with Crippen LogP contribution in [-0.2, 0) is 4.74 Å². The first-order valence-electron chi connectivity index (χ1n) is 5.74. The number of halogens is 3. The Kier molecular flexibility index (Phi) is 4.88. The summed E-state index contributed by atoms with van der Waals surface area (Å²) in [5.74, 6) is -0.0351. The van der Waals surface area contributed by atoms with Crippen LogP contribution >= 0.6 is 34.8 Å². The fourth-order valence-corrected chi connectivity index (χ4v) is 2.26. The molecule has 1 aromatic heterocycles. The van der Waals surface area contributed by atoms with E-state index in [0.717, 1.165) is 0 Å². The van der Waals surface area contributed by atoms with Crippen LogP contribution in [0.1, 0.15) is 10.4 Å². The lowest BCUT2D eigenvalue weighted by atomic mass is 10.2. The average molecular weight is 347 g/mol. The first kappa shape index (κ1) is 15.8. The maximum absolute atomic E-state index is 11.7. The van der Waals surface area contributed by atoms with Gasteiger partial charge in [0, 0.05) is 18.8 Å². The van der Waals surface area contributed by atoms with Crippen molar-refractivity contribution in [2.45, 2.75) is 0 Å². The van der Waals surface area contributed by atoms with E-state index >= 15 is 0 Å². The summed E-state index contributed by atoms with van der Waals surface area (Å²) in [6.45, 7) is 0. The number of hydrogen-bond donors (Lipinski definition) is 0. The number of ether oxygens (including phenoxy) is 1. The van der Waals surface area contributed by atoms with Gasteiger partial charge in [0.15, 0.2) is 0 Å². The second kappa shape index (κ2) is 6.47. The molecule has 2 rings (SSSR count). The summed E-state index contributed by atoms with van der Waals surface area (Å²) in [5.41, 5.74) is 0.931. The molecule has 21 heavy (non-hydrogen) atoms. The van der Waals surface area contributed by atoms with Crippen molar-refractivity contribution in [1.82, 2.24) is 9.97 Å². The molecule has 2 aromatic rings. The highest BCUT2D eigenvalue weighted by Crippen LogP contribution is 2.28. The summed E-state index contributed by atoms with van der Waals surface area (Å²) >= 11 is 17.6. The highest BCUT2D eigenvalue weighted by atomic mass is 35.5. The van der Waals surface area contributed by atoms with Crippen molar-refractivity contribution in [1.29, 1.82) is 0 Å². The molecule has 0 aliphatic rings. The van der Waals surface area contributed by atoms with Gasteiger partial charge in [-0.15, -0.1) is 0 Å². The van der Waals surface area contributed by atoms with Crippen molar-refractivity contribution in [2.24, 2.45) is 0 Å². The zero-order valence-electron chi connectivity index (χ0n) is 11.1. The lowest BCUT2D eigenvalue weighted by Crippen LogP contribution is -2.13. The van der Waals surface area contributed by atoms with Crippen LogP contribution in [0.15, 0.2) is 24.3 Å². The average Bonchev–Trinajstić information content (AvgIpc) is 2.45. The normalized spacial score (nSPS) is 10.3. The van der Waals surface area contributed by atoms with Crippen LogP contribution in [0.25, 0.3) is 0 Å². The number of esters is 1. The Morgan fingerprint density at radius 1 is 1.19 bits per heavy atom. The lowest BCUT2D eigenvalue weighted by molar-refractivity contribution is 0.0601. The topological polar surface area (TPSA) is 55.3 Å².